The molecule has 0 aliphatic carbocycles. The number of carbonyl (C=O) groups is 6. The SMILES string of the molecule is CC(NC(=O)C(C)N(C)C)C(=O)N(C)C(C)C(=O)NC(C)C(=O)N(C)C(C)C(=O)NC(C)C(O)C(=O)N(C)C. The van der Waals surface area contributed by atoms with Gasteiger partial charge in [0, 0.05) is 28.2 Å². The van der Waals surface area contributed by atoms with Crippen LogP contribution in [0.15, 0.2) is 0 Å². The Hall–Kier alpha value is -3.26. The minimum absolute atomic E-state index is 0.333. The Morgan fingerprint density at radius 1 is 0.538 bits per heavy atom. The Morgan fingerprint density at radius 2 is 0.872 bits per heavy atom. The Bertz CT molecular complexity index is 911. The van der Waals surface area contributed by atoms with E-state index in [1.54, 1.807) is 25.9 Å². The molecule has 14 heteroatoms. The molecule has 0 radical (unpaired) electrons. The van der Waals surface area contributed by atoms with Gasteiger partial charge in [-0.1, -0.05) is 0 Å². The molecule has 4 N–H and O–H groups in total. The van der Waals surface area contributed by atoms with Gasteiger partial charge in [-0.05, 0) is 55.6 Å². The van der Waals surface area contributed by atoms with Crippen LogP contribution in [0.2, 0.25) is 0 Å². The number of amides is 6. The smallest absolute Gasteiger partial charge is 0.253 e. The van der Waals surface area contributed by atoms with Gasteiger partial charge in [0.1, 0.15) is 24.2 Å². The van der Waals surface area contributed by atoms with E-state index >= 15 is 0 Å². The van der Waals surface area contributed by atoms with Gasteiger partial charge in [-0.3, -0.25) is 33.7 Å². The van der Waals surface area contributed by atoms with Crippen molar-refractivity contribution in [3.8, 4) is 0 Å². The van der Waals surface area contributed by atoms with E-state index in [2.05, 4.69) is 16.0 Å². The largest absolute Gasteiger partial charge is 0.381 e. The summed E-state index contributed by atoms with van der Waals surface area (Å²) in [5, 5.41) is 17.8. The highest BCUT2D eigenvalue weighted by Gasteiger charge is 2.33. The van der Waals surface area contributed by atoms with Crippen LogP contribution in [0.5, 0.6) is 0 Å². The lowest BCUT2D eigenvalue weighted by atomic mass is 10.1. The van der Waals surface area contributed by atoms with Crippen LogP contribution in [0.4, 0.5) is 0 Å². The van der Waals surface area contributed by atoms with E-state index in [0.717, 1.165) is 4.90 Å². The summed E-state index contributed by atoms with van der Waals surface area (Å²) in [5.41, 5.74) is 0. The zero-order valence-corrected chi connectivity index (χ0v) is 25.2. The molecule has 6 amide bonds. The molecule has 0 fully saturated rings. The molecule has 0 aliphatic rings. The summed E-state index contributed by atoms with van der Waals surface area (Å²) >= 11 is 0. The molecule has 39 heavy (non-hydrogen) atoms. The molecule has 0 aromatic heterocycles. The third kappa shape index (κ3) is 10.1. The highest BCUT2D eigenvalue weighted by Crippen LogP contribution is 2.06. The highest BCUT2D eigenvalue weighted by molar-refractivity contribution is 5.95. The number of nitrogens with zero attached hydrogens (tertiary/aromatic N) is 4. The molecule has 14 nitrogen and oxygen atoms in total. The molecule has 7 unspecified atom stereocenters. The van der Waals surface area contributed by atoms with Crippen molar-refractivity contribution in [2.24, 2.45) is 0 Å². The normalized spacial score (nSPS) is 16.5. The van der Waals surface area contributed by atoms with E-state index in [9.17, 15) is 33.9 Å². The lowest BCUT2D eigenvalue weighted by Crippen LogP contribution is -2.58. The summed E-state index contributed by atoms with van der Waals surface area (Å²) in [7, 11) is 9.24. The first kappa shape index (κ1) is 35.7. The van der Waals surface area contributed by atoms with Crippen LogP contribution >= 0.6 is 0 Å². The number of hydrogen-bond donors (Lipinski definition) is 4. The standard InChI is InChI=1S/C25H47N7O7/c1-13(19(33)25(39)30(9)10)26-21(35)17(5)31(11)24(38)15(3)28-22(36)18(6)32(12)23(37)14(2)27-20(34)16(4)29(7)8/h13-19,33H,1-12H3,(H,26,35)(H,27,34)(H,28,36). The third-order valence-electron chi connectivity index (χ3n) is 6.77. The number of carbonyl (C=O) groups excluding carboxylic acids is 6. The zero-order valence-electron chi connectivity index (χ0n) is 25.2. The maximum absolute atomic E-state index is 12.9. The number of aliphatic hydroxyl groups is 1. The molecule has 0 saturated heterocycles. The molecule has 0 saturated carbocycles. The van der Waals surface area contributed by atoms with E-state index in [1.165, 1.54) is 72.6 Å². The van der Waals surface area contributed by atoms with E-state index in [1.807, 2.05) is 0 Å². The van der Waals surface area contributed by atoms with Crippen LogP contribution in [-0.2, 0) is 28.8 Å². The number of likely N-dealkylation sites (N-methyl/N-ethyl adjacent to an activating group) is 4. The predicted octanol–water partition coefficient (Wildman–Crippen LogP) is -2.41. The number of rotatable bonds is 13. The van der Waals surface area contributed by atoms with Crippen LogP contribution in [0, 0.1) is 0 Å². The molecule has 0 aromatic carbocycles. The van der Waals surface area contributed by atoms with Crippen LogP contribution in [-0.4, -0.2) is 145 Å². The van der Waals surface area contributed by atoms with E-state index in [0.29, 0.717) is 0 Å². The fourth-order valence-electron chi connectivity index (χ4n) is 3.27. The molecular formula is C25H47N7O7. The minimum atomic E-state index is -1.45. The first-order valence-electron chi connectivity index (χ1n) is 12.8. The fraction of sp³-hybridized carbons (Fsp3) is 0.760. The van der Waals surface area contributed by atoms with Crippen molar-refractivity contribution in [3.05, 3.63) is 0 Å². The number of hydrogen-bond acceptors (Lipinski definition) is 8. The second kappa shape index (κ2) is 15.4. The van der Waals surface area contributed by atoms with Gasteiger partial charge in [-0.25, -0.2) is 0 Å². The van der Waals surface area contributed by atoms with Crippen molar-refractivity contribution in [2.75, 3.05) is 42.3 Å². The molecule has 7 atom stereocenters. The number of nitrogens with one attached hydrogen (secondary N) is 3. The van der Waals surface area contributed by atoms with Gasteiger partial charge in [0.25, 0.3) is 5.91 Å². The maximum atomic E-state index is 12.9. The Balaban J connectivity index is 5.10. The maximum Gasteiger partial charge on any atom is 0.253 e. The van der Waals surface area contributed by atoms with Crippen LogP contribution in [0.25, 0.3) is 0 Å². The topological polar surface area (TPSA) is 172 Å². The predicted molar refractivity (Wildman–Crippen MR) is 145 cm³/mol. The quantitative estimate of drug-likeness (QED) is 0.194. The second-order valence-electron chi connectivity index (χ2n) is 10.3. The molecule has 0 rings (SSSR count). The highest BCUT2D eigenvalue weighted by atomic mass is 16.3. The average molecular weight is 558 g/mol. The lowest BCUT2D eigenvalue weighted by Gasteiger charge is -2.31. The number of aliphatic hydroxyl groups excluding tert-OH is 1. The first-order valence-corrected chi connectivity index (χ1v) is 12.8. The van der Waals surface area contributed by atoms with Gasteiger partial charge < -0.3 is 35.8 Å². The zero-order chi connectivity index (χ0) is 30.9. The molecular weight excluding hydrogens is 510 g/mol. The monoisotopic (exact) mass is 557 g/mol. The van der Waals surface area contributed by atoms with Crippen molar-refractivity contribution < 1.29 is 33.9 Å². The van der Waals surface area contributed by atoms with Crippen molar-refractivity contribution >= 4 is 35.4 Å². The minimum Gasteiger partial charge on any atom is -0.381 e. The molecule has 0 spiro atoms. The second-order valence-corrected chi connectivity index (χ2v) is 10.3. The molecule has 0 aliphatic heterocycles. The summed E-state index contributed by atoms with van der Waals surface area (Å²) in [5.74, 6) is -3.16. The molecule has 0 heterocycles. The van der Waals surface area contributed by atoms with Gasteiger partial charge in [0.2, 0.25) is 29.5 Å². The summed E-state index contributed by atoms with van der Waals surface area (Å²) in [6, 6.07) is -5.19. The molecule has 224 valence electrons. The molecule has 0 bridgehead atoms. The summed E-state index contributed by atoms with van der Waals surface area (Å²) in [4.78, 5) is 80.5. The van der Waals surface area contributed by atoms with Crippen LogP contribution in [0.1, 0.15) is 41.5 Å². The van der Waals surface area contributed by atoms with Crippen molar-refractivity contribution in [1.82, 2.24) is 35.6 Å². The van der Waals surface area contributed by atoms with Gasteiger partial charge in [-0.2, -0.15) is 0 Å². The summed E-state index contributed by atoms with van der Waals surface area (Å²) < 4.78 is 0. The summed E-state index contributed by atoms with van der Waals surface area (Å²) in [6.45, 7) is 9.09. The van der Waals surface area contributed by atoms with Gasteiger partial charge >= 0.3 is 0 Å². The van der Waals surface area contributed by atoms with E-state index in [-0.39, 0.29) is 5.91 Å². The van der Waals surface area contributed by atoms with Crippen LogP contribution in [0.3, 0.4) is 0 Å². The summed E-state index contributed by atoms with van der Waals surface area (Å²) in [6.07, 6.45) is -1.45. The fourth-order valence-corrected chi connectivity index (χ4v) is 3.27. The third-order valence-corrected chi connectivity index (χ3v) is 6.77. The first-order chi connectivity index (χ1) is 17.8. The van der Waals surface area contributed by atoms with Gasteiger partial charge in [0.05, 0.1) is 12.1 Å². The molecule has 0 aromatic rings. The Kier molecular flexibility index (Phi) is 14.1. The Morgan fingerprint density at radius 3 is 1.21 bits per heavy atom. The van der Waals surface area contributed by atoms with Crippen molar-refractivity contribution in [3.63, 3.8) is 0 Å². The van der Waals surface area contributed by atoms with E-state index < -0.39 is 71.9 Å². The lowest BCUT2D eigenvalue weighted by molar-refractivity contribution is -0.144. The van der Waals surface area contributed by atoms with Gasteiger partial charge in [-0.15, -0.1) is 0 Å². The van der Waals surface area contributed by atoms with Crippen molar-refractivity contribution in [1.29, 1.82) is 0 Å². The van der Waals surface area contributed by atoms with E-state index in [4.69, 9.17) is 0 Å². The van der Waals surface area contributed by atoms with Gasteiger partial charge in [0.15, 0.2) is 6.10 Å². The van der Waals surface area contributed by atoms with Crippen LogP contribution < -0.4 is 16.0 Å². The Labute approximate surface area is 231 Å². The average Bonchev–Trinajstić information content (AvgIpc) is 2.88. The van der Waals surface area contributed by atoms with Crippen molar-refractivity contribution in [2.45, 2.75) is 83.9 Å².